The predicted octanol–water partition coefficient (Wildman–Crippen LogP) is 4.89. The summed E-state index contributed by atoms with van der Waals surface area (Å²) in [5, 5.41) is 18.6. The maximum absolute atomic E-state index is 12.8. The van der Waals surface area contributed by atoms with Crippen LogP contribution in [0.2, 0.25) is 0 Å². The number of carboxylic acid groups (broad SMARTS) is 1. The molecule has 0 aliphatic heterocycles. The van der Waals surface area contributed by atoms with E-state index in [0.717, 1.165) is 12.1 Å². The maximum atomic E-state index is 12.8. The number of carboxylic acids is 1. The number of ether oxygens (including phenoxy) is 1. The van der Waals surface area contributed by atoms with E-state index < -0.39 is 23.8 Å². The average Bonchev–Trinajstić information content (AvgIpc) is 2.88. The first-order valence-corrected chi connectivity index (χ1v) is 9.61. The quantitative estimate of drug-likeness (QED) is 0.339. The van der Waals surface area contributed by atoms with Crippen LogP contribution in [0.1, 0.15) is 37.7 Å². The zero-order valence-electron chi connectivity index (χ0n) is 15.2. The van der Waals surface area contributed by atoms with Crippen molar-refractivity contribution < 1.29 is 32.9 Å². The van der Waals surface area contributed by atoms with Gasteiger partial charge in [0.05, 0.1) is 18.3 Å². The molecule has 1 aromatic carbocycles. The molecule has 1 aliphatic rings. The Morgan fingerprint density at radius 2 is 2.04 bits per heavy atom. The van der Waals surface area contributed by atoms with Crippen LogP contribution in [0, 0.1) is 11.8 Å². The fourth-order valence-electron chi connectivity index (χ4n) is 3.39. The third-order valence-corrected chi connectivity index (χ3v) is 5.42. The second-order valence-electron chi connectivity index (χ2n) is 6.98. The number of aliphatic hydroxyl groups is 1. The van der Waals surface area contributed by atoms with Gasteiger partial charge in [-0.15, -0.1) is 11.6 Å². The number of halogens is 4. The fraction of sp³-hybridized carbons (Fsp3) is 0.550. The number of rotatable bonds is 9. The first-order chi connectivity index (χ1) is 13.2. The SMILES string of the molecule is O=C(O)CCC/C=C\C[C@@H]1[C@@H](COc2cccc(C(F)(F)F)c2)[C@H](O)C[C@@H]1Cl. The number of alkyl halides is 4. The van der Waals surface area contributed by atoms with Gasteiger partial charge in [0.1, 0.15) is 5.75 Å². The molecule has 0 aromatic heterocycles. The summed E-state index contributed by atoms with van der Waals surface area (Å²) in [5.74, 6) is -1.10. The van der Waals surface area contributed by atoms with Crippen LogP contribution >= 0.6 is 11.6 Å². The van der Waals surface area contributed by atoms with E-state index >= 15 is 0 Å². The Labute approximate surface area is 167 Å². The maximum Gasteiger partial charge on any atom is 0.416 e. The topological polar surface area (TPSA) is 66.8 Å². The lowest BCUT2D eigenvalue weighted by atomic mass is 9.92. The first-order valence-electron chi connectivity index (χ1n) is 9.17. The number of hydrogen-bond acceptors (Lipinski definition) is 3. The van der Waals surface area contributed by atoms with Gasteiger partial charge in [0.15, 0.2) is 0 Å². The number of benzene rings is 1. The Morgan fingerprint density at radius 1 is 1.29 bits per heavy atom. The van der Waals surface area contributed by atoms with Crippen LogP contribution < -0.4 is 4.74 Å². The van der Waals surface area contributed by atoms with Crippen LogP contribution in [-0.2, 0) is 11.0 Å². The van der Waals surface area contributed by atoms with Crippen LogP contribution in [0.3, 0.4) is 0 Å². The molecule has 4 atom stereocenters. The van der Waals surface area contributed by atoms with E-state index in [-0.39, 0.29) is 36.0 Å². The molecule has 1 aliphatic carbocycles. The van der Waals surface area contributed by atoms with Crippen LogP contribution in [0.4, 0.5) is 13.2 Å². The van der Waals surface area contributed by atoms with E-state index in [0.29, 0.717) is 25.7 Å². The molecule has 1 fully saturated rings. The van der Waals surface area contributed by atoms with Crippen molar-refractivity contribution in [1.82, 2.24) is 0 Å². The number of allylic oxidation sites excluding steroid dienone is 2. The Balaban J connectivity index is 1.91. The fourth-order valence-corrected chi connectivity index (χ4v) is 3.86. The van der Waals surface area contributed by atoms with Gasteiger partial charge in [-0.2, -0.15) is 13.2 Å². The minimum atomic E-state index is -4.44. The number of carbonyl (C=O) groups is 1. The first kappa shape index (κ1) is 22.6. The summed E-state index contributed by atoms with van der Waals surface area (Å²) in [6.45, 7) is 0.0726. The van der Waals surface area contributed by atoms with Gasteiger partial charge in [-0.1, -0.05) is 18.2 Å². The summed E-state index contributed by atoms with van der Waals surface area (Å²) in [6, 6.07) is 4.65. The molecule has 28 heavy (non-hydrogen) atoms. The van der Waals surface area contributed by atoms with Crippen molar-refractivity contribution >= 4 is 17.6 Å². The van der Waals surface area contributed by atoms with E-state index in [4.69, 9.17) is 21.4 Å². The lowest BCUT2D eigenvalue weighted by Crippen LogP contribution is -2.27. The molecule has 0 spiro atoms. The normalized spacial score (nSPS) is 25.3. The average molecular weight is 421 g/mol. The summed E-state index contributed by atoms with van der Waals surface area (Å²) in [4.78, 5) is 10.5. The predicted molar refractivity (Wildman–Crippen MR) is 99.4 cm³/mol. The van der Waals surface area contributed by atoms with Crippen molar-refractivity contribution in [2.45, 2.75) is 49.8 Å². The number of aliphatic carboxylic acids is 1. The Bertz CT molecular complexity index is 678. The molecule has 2 rings (SSSR count). The number of aliphatic hydroxyl groups excluding tert-OH is 1. The zero-order chi connectivity index (χ0) is 20.7. The third kappa shape index (κ3) is 6.71. The van der Waals surface area contributed by atoms with E-state index in [1.165, 1.54) is 12.1 Å². The van der Waals surface area contributed by atoms with Crippen LogP contribution in [0.25, 0.3) is 0 Å². The van der Waals surface area contributed by atoms with Gasteiger partial charge >= 0.3 is 12.1 Å². The number of hydrogen-bond donors (Lipinski definition) is 2. The van der Waals surface area contributed by atoms with Crippen molar-refractivity contribution in [3.8, 4) is 5.75 Å². The Kier molecular flexibility index (Phi) is 8.19. The minimum Gasteiger partial charge on any atom is -0.493 e. The second-order valence-corrected chi connectivity index (χ2v) is 7.54. The van der Waals surface area contributed by atoms with E-state index in [1.54, 1.807) is 0 Å². The smallest absolute Gasteiger partial charge is 0.416 e. The van der Waals surface area contributed by atoms with Gasteiger partial charge < -0.3 is 14.9 Å². The van der Waals surface area contributed by atoms with Crippen molar-refractivity contribution in [2.24, 2.45) is 11.8 Å². The van der Waals surface area contributed by atoms with Crippen LogP contribution in [0.5, 0.6) is 5.75 Å². The van der Waals surface area contributed by atoms with Gasteiger partial charge in [0.2, 0.25) is 0 Å². The summed E-state index contributed by atoms with van der Waals surface area (Å²) < 4.78 is 43.9. The second kappa shape index (κ2) is 10.2. The summed E-state index contributed by atoms with van der Waals surface area (Å²) >= 11 is 6.34. The molecule has 0 heterocycles. The van der Waals surface area contributed by atoms with Gasteiger partial charge in [0, 0.05) is 17.7 Å². The van der Waals surface area contributed by atoms with Crippen molar-refractivity contribution in [3.63, 3.8) is 0 Å². The third-order valence-electron chi connectivity index (χ3n) is 4.92. The van der Waals surface area contributed by atoms with E-state index in [9.17, 15) is 23.1 Å². The highest BCUT2D eigenvalue weighted by Gasteiger charge is 2.41. The molecule has 0 amide bonds. The molecule has 156 valence electrons. The zero-order valence-corrected chi connectivity index (χ0v) is 16.0. The summed E-state index contributed by atoms with van der Waals surface area (Å²) in [7, 11) is 0. The van der Waals surface area contributed by atoms with Crippen molar-refractivity contribution in [3.05, 3.63) is 42.0 Å². The molecule has 0 bridgehead atoms. The van der Waals surface area contributed by atoms with Gasteiger partial charge in [-0.25, -0.2) is 0 Å². The van der Waals surface area contributed by atoms with Crippen molar-refractivity contribution in [2.75, 3.05) is 6.61 Å². The highest BCUT2D eigenvalue weighted by molar-refractivity contribution is 6.21. The molecule has 8 heteroatoms. The Hall–Kier alpha value is -1.73. The lowest BCUT2D eigenvalue weighted by Gasteiger charge is -2.23. The number of unbranched alkanes of at least 4 members (excludes halogenated alkanes) is 1. The Morgan fingerprint density at radius 3 is 2.71 bits per heavy atom. The van der Waals surface area contributed by atoms with E-state index in [1.807, 2.05) is 12.2 Å². The van der Waals surface area contributed by atoms with Crippen molar-refractivity contribution in [1.29, 1.82) is 0 Å². The largest absolute Gasteiger partial charge is 0.493 e. The molecule has 0 saturated heterocycles. The van der Waals surface area contributed by atoms with Gasteiger partial charge in [-0.3, -0.25) is 4.79 Å². The standard InChI is InChI=1S/C20H24ClF3O4/c21-17-11-18(25)16(15(17)8-3-1-2-4-9-19(26)27)12-28-14-7-5-6-13(10-14)20(22,23)24/h1,3,5-7,10,15-18,25H,2,4,8-9,11-12H2,(H,26,27)/b3-1-/t15-,16-,17+,18-/m1/s1. The van der Waals surface area contributed by atoms with Crippen LogP contribution in [0.15, 0.2) is 36.4 Å². The molecule has 0 unspecified atom stereocenters. The van der Waals surface area contributed by atoms with Gasteiger partial charge in [0.25, 0.3) is 0 Å². The monoisotopic (exact) mass is 420 g/mol. The molecule has 1 saturated carbocycles. The molecular formula is C20H24ClF3O4. The van der Waals surface area contributed by atoms with E-state index in [2.05, 4.69) is 0 Å². The molecule has 4 nitrogen and oxygen atoms in total. The molecule has 0 radical (unpaired) electrons. The minimum absolute atomic E-state index is 0.0711. The lowest BCUT2D eigenvalue weighted by molar-refractivity contribution is -0.138. The molecule has 1 aromatic rings. The molecular weight excluding hydrogens is 397 g/mol. The van der Waals surface area contributed by atoms with Crippen LogP contribution in [-0.4, -0.2) is 34.3 Å². The summed E-state index contributed by atoms with van der Waals surface area (Å²) in [5.41, 5.74) is -0.784. The highest BCUT2D eigenvalue weighted by atomic mass is 35.5. The molecule has 2 N–H and O–H groups in total. The summed E-state index contributed by atoms with van der Waals surface area (Å²) in [6.07, 6.45) is 0.966. The highest BCUT2D eigenvalue weighted by Crippen LogP contribution is 2.39. The van der Waals surface area contributed by atoms with Gasteiger partial charge in [-0.05, 0) is 49.8 Å².